The summed E-state index contributed by atoms with van der Waals surface area (Å²) in [4.78, 5) is 26.9. The minimum absolute atomic E-state index is 0.122. The molecule has 0 atom stereocenters. The van der Waals surface area contributed by atoms with Crippen molar-refractivity contribution >= 4 is 23.3 Å². The molecular weight excluding hydrogens is 330 g/mol. The lowest BCUT2D eigenvalue weighted by molar-refractivity contribution is -0.134. The largest absolute Gasteiger partial charge is 0.371 e. The fourth-order valence-electron chi connectivity index (χ4n) is 3.29. The second-order valence-electron chi connectivity index (χ2n) is 6.64. The Morgan fingerprint density at radius 2 is 1.85 bits per heavy atom. The van der Waals surface area contributed by atoms with E-state index in [1.54, 1.807) is 16.9 Å². The van der Waals surface area contributed by atoms with Gasteiger partial charge < -0.3 is 15.5 Å². The number of nitrogens with zero attached hydrogens (tertiary/aromatic N) is 3. The Bertz CT molecular complexity index is 763. The number of carbonyl (C=O) groups excluding carboxylic acids is 2. The molecule has 3 rings (SSSR count). The summed E-state index contributed by atoms with van der Waals surface area (Å²) in [7, 11) is 1.81. The standard InChI is InChI=1S/C19H25N5O2/c1-3-17(25)24-13-10-19(11-14-24,21-15-7-5-4-6-8-15)18(26)20-16-9-12-23(2)22-16/h4-9,12,21H,3,10-11,13-14H2,1-2H3,(H,20,22,26). The maximum atomic E-state index is 13.1. The van der Waals surface area contributed by atoms with Crippen molar-refractivity contribution in [3.8, 4) is 0 Å². The molecule has 2 N–H and O–H groups in total. The molecule has 1 saturated heterocycles. The van der Waals surface area contributed by atoms with Crippen LogP contribution in [-0.2, 0) is 16.6 Å². The Morgan fingerprint density at radius 1 is 1.15 bits per heavy atom. The van der Waals surface area contributed by atoms with E-state index in [9.17, 15) is 9.59 Å². The van der Waals surface area contributed by atoms with E-state index in [2.05, 4.69) is 15.7 Å². The predicted octanol–water partition coefficient (Wildman–Crippen LogP) is 2.24. The molecule has 0 unspecified atom stereocenters. The lowest BCUT2D eigenvalue weighted by Gasteiger charge is -2.41. The highest BCUT2D eigenvalue weighted by atomic mass is 16.2. The van der Waals surface area contributed by atoms with E-state index in [-0.39, 0.29) is 11.8 Å². The number of para-hydroxylation sites is 1. The van der Waals surface area contributed by atoms with E-state index < -0.39 is 5.54 Å². The van der Waals surface area contributed by atoms with Gasteiger partial charge in [0.25, 0.3) is 5.91 Å². The Kier molecular flexibility index (Phi) is 5.25. The third-order valence-corrected chi connectivity index (χ3v) is 4.82. The number of rotatable bonds is 5. The van der Waals surface area contributed by atoms with Crippen LogP contribution in [0.4, 0.5) is 11.5 Å². The van der Waals surface area contributed by atoms with Gasteiger partial charge in [0.05, 0.1) is 0 Å². The van der Waals surface area contributed by atoms with Gasteiger partial charge in [-0.3, -0.25) is 14.3 Å². The maximum Gasteiger partial charge on any atom is 0.251 e. The van der Waals surface area contributed by atoms with Gasteiger partial charge in [0.1, 0.15) is 5.54 Å². The summed E-state index contributed by atoms with van der Waals surface area (Å²) in [5, 5.41) is 10.6. The molecule has 1 fully saturated rings. The highest BCUT2D eigenvalue weighted by Crippen LogP contribution is 2.29. The number of piperidine rings is 1. The van der Waals surface area contributed by atoms with Gasteiger partial charge >= 0.3 is 0 Å². The van der Waals surface area contributed by atoms with Crippen molar-refractivity contribution < 1.29 is 9.59 Å². The average Bonchev–Trinajstić information content (AvgIpc) is 3.07. The van der Waals surface area contributed by atoms with Crippen molar-refractivity contribution in [1.82, 2.24) is 14.7 Å². The van der Waals surface area contributed by atoms with Crippen LogP contribution in [0.2, 0.25) is 0 Å². The summed E-state index contributed by atoms with van der Waals surface area (Å²) in [6.07, 6.45) is 3.37. The molecule has 2 aromatic rings. The molecule has 7 heteroatoms. The minimum atomic E-state index is -0.774. The minimum Gasteiger partial charge on any atom is -0.371 e. The molecule has 26 heavy (non-hydrogen) atoms. The van der Waals surface area contributed by atoms with Crippen LogP contribution in [0.1, 0.15) is 26.2 Å². The fraction of sp³-hybridized carbons (Fsp3) is 0.421. The highest BCUT2D eigenvalue weighted by molar-refractivity contribution is 5.99. The zero-order chi connectivity index (χ0) is 18.6. The van der Waals surface area contributed by atoms with Crippen LogP contribution in [-0.4, -0.2) is 45.1 Å². The normalized spacial score (nSPS) is 16.2. The van der Waals surface area contributed by atoms with Gasteiger partial charge in [0.15, 0.2) is 5.82 Å². The summed E-state index contributed by atoms with van der Waals surface area (Å²) in [6, 6.07) is 11.5. The van der Waals surface area contributed by atoms with E-state index in [1.165, 1.54) is 0 Å². The van der Waals surface area contributed by atoms with Crippen molar-refractivity contribution in [3.05, 3.63) is 42.6 Å². The second kappa shape index (κ2) is 7.59. The number of likely N-dealkylation sites (tertiary alicyclic amines) is 1. The molecular formula is C19H25N5O2. The van der Waals surface area contributed by atoms with E-state index in [0.29, 0.717) is 38.2 Å². The third-order valence-electron chi connectivity index (χ3n) is 4.82. The van der Waals surface area contributed by atoms with Gasteiger partial charge in [-0.15, -0.1) is 0 Å². The number of nitrogens with one attached hydrogen (secondary N) is 2. The van der Waals surface area contributed by atoms with Crippen molar-refractivity contribution in [2.75, 3.05) is 23.7 Å². The second-order valence-corrected chi connectivity index (χ2v) is 6.64. The van der Waals surface area contributed by atoms with Crippen molar-refractivity contribution in [3.63, 3.8) is 0 Å². The van der Waals surface area contributed by atoms with Crippen LogP contribution in [0.15, 0.2) is 42.6 Å². The van der Waals surface area contributed by atoms with E-state index >= 15 is 0 Å². The van der Waals surface area contributed by atoms with E-state index in [1.807, 2.05) is 49.2 Å². The Labute approximate surface area is 153 Å². The first-order chi connectivity index (χ1) is 12.5. The quantitative estimate of drug-likeness (QED) is 0.862. The Hall–Kier alpha value is -2.83. The zero-order valence-corrected chi connectivity index (χ0v) is 15.2. The number of aromatic nitrogens is 2. The number of hydrogen-bond donors (Lipinski definition) is 2. The van der Waals surface area contributed by atoms with Gasteiger partial charge in [0, 0.05) is 44.5 Å². The summed E-state index contributed by atoms with van der Waals surface area (Å²) < 4.78 is 1.65. The molecule has 0 aliphatic carbocycles. The van der Waals surface area contributed by atoms with E-state index in [4.69, 9.17) is 0 Å². The molecule has 138 valence electrons. The van der Waals surface area contributed by atoms with Crippen molar-refractivity contribution in [2.24, 2.45) is 7.05 Å². The van der Waals surface area contributed by atoms with Gasteiger partial charge in [-0.1, -0.05) is 25.1 Å². The first kappa shape index (κ1) is 18.0. The Balaban J connectivity index is 1.80. The van der Waals surface area contributed by atoms with Crippen molar-refractivity contribution in [2.45, 2.75) is 31.7 Å². The molecule has 0 spiro atoms. The molecule has 0 saturated carbocycles. The SMILES string of the molecule is CCC(=O)N1CCC(Nc2ccccc2)(C(=O)Nc2ccn(C)n2)CC1. The molecule has 7 nitrogen and oxygen atoms in total. The lowest BCUT2D eigenvalue weighted by atomic mass is 9.85. The third kappa shape index (κ3) is 3.87. The van der Waals surface area contributed by atoms with Gasteiger partial charge in [-0.2, -0.15) is 5.10 Å². The number of carbonyl (C=O) groups is 2. The average molecular weight is 355 g/mol. The molecule has 1 aromatic heterocycles. The summed E-state index contributed by atoms with van der Waals surface area (Å²) in [5.74, 6) is 0.533. The number of aryl methyl sites for hydroxylation is 1. The Morgan fingerprint density at radius 3 is 2.42 bits per heavy atom. The highest BCUT2D eigenvalue weighted by Gasteiger charge is 2.42. The molecule has 0 radical (unpaired) electrons. The first-order valence-electron chi connectivity index (χ1n) is 8.94. The number of hydrogen-bond acceptors (Lipinski definition) is 4. The topological polar surface area (TPSA) is 79.3 Å². The molecule has 0 bridgehead atoms. The summed E-state index contributed by atoms with van der Waals surface area (Å²) in [5.41, 5.74) is 0.113. The maximum absolute atomic E-state index is 13.1. The number of benzene rings is 1. The molecule has 2 amide bonds. The lowest BCUT2D eigenvalue weighted by Crippen LogP contribution is -2.57. The molecule has 2 heterocycles. The van der Waals surface area contributed by atoms with Crippen LogP contribution in [0.25, 0.3) is 0 Å². The van der Waals surface area contributed by atoms with Gasteiger partial charge in [-0.05, 0) is 25.0 Å². The monoisotopic (exact) mass is 355 g/mol. The van der Waals surface area contributed by atoms with Crippen LogP contribution in [0, 0.1) is 0 Å². The fourth-order valence-corrected chi connectivity index (χ4v) is 3.29. The zero-order valence-electron chi connectivity index (χ0n) is 15.2. The molecule has 1 aromatic carbocycles. The molecule has 1 aliphatic heterocycles. The predicted molar refractivity (Wildman–Crippen MR) is 101 cm³/mol. The van der Waals surface area contributed by atoms with Gasteiger partial charge in [0.2, 0.25) is 5.91 Å². The smallest absolute Gasteiger partial charge is 0.251 e. The summed E-state index contributed by atoms with van der Waals surface area (Å²) in [6.45, 7) is 2.98. The van der Waals surface area contributed by atoms with Crippen LogP contribution >= 0.6 is 0 Å². The van der Waals surface area contributed by atoms with Crippen LogP contribution in [0.3, 0.4) is 0 Å². The van der Waals surface area contributed by atoms with E-state index in [0.717, 1.165) is 5.69 Å². The van der Waals surface area contributed by atoms with Crippen molar-refractivity contribution in [1.29, 1.82) is 0 Å². The first-order valence-corrected chi connectivity index (χ1v) is 8.94. The summed E-state index contributed by atoms with van der Waals surface area (Å²) >= 11 is 0. The molecule has 1 aliphatic rings. The number of anilines is 2. The number of amides is 2. The van der Waals surface area contributed by atoms with Gasteiger partial charge in [-0.25, -0.2) is 0 Å². The van der Waals surface area contributed by atoms with Crippen LogP contribution in [0.5, 0.6) is 0 Å². The van der Waals surface area contributed by atoms with Crippen LogP contribution < -0.4 is 10.6 Å².